The molecule has 1 unspecified atom stereocenters. The minimum absolute atomic E-state index is 0.0992. The third-order valence-corrected chi connectivity index (χ3v) is 3.58. The molecule has 6 heteroatoms. The van der Waals surface area contributed by atoms with Gasteiger partial charge in [0.05, 0.1) is 5.92 Å². The summed E-state index contributed by atoms with van der Waals surface area (Å²) in [5, 5.41) is 8.85. The number of carboxylic acid groups (broad SMARTS) is 1. The van der Waals surface area contributed by atoms with Crippen molar-refractivity contribution in [3.63, 3.8) is 0 Å². The molecule has 1 N–H and O–H groups in total. The number of rotatable bonds is 5. The zero-order chi connectivity index (χ0) is 13.8. The van der Waals surface area contributed by atoms with Gasteiger partial charge in [-0.05, 0) is 45.7 Å². The van der Waals surface area contributed by atoms with Gasteiger partial charge in [0, 0.05) is 12.5 Å². The van der Waals surface area contributed by atoms with E-state index in [0.717, 1.165) is 0 Å². The summed E-state index contributed by atoms with van der Waals surface area (Å²) in [6.07, 6.45) is -2.96. The molecule has 3 nitrogen and oxygen atoms in total. The van der Waals surface area contributed by atoms with E-state index in [1.807, 2.05) is 6.92 Å². The number of carboxylic acids is 1. The number of halogens is 3. The minimum atomic E-state index is -4.07. The van der Waals surface area contributed by atoms with Crippen LogP contribution in [-0.4, -0.2) is 41.3 Å². The number of piperidine rings is 1. The summed E-state index contributed by atoms with van der Waals surface area (Å²) in [5.74, 6) is -1.05. The van der Waals surface area contributed by atoms with E-state index < -0.39 is 18.6 Å². The second-order valence-electron chi connectivity index (χ2n) is 5.00. The van der Waals surface area contributed by atoms with Gasteiger partial charge in [0.1, 0.15) is 0 Å². The van der Waals surface area contributed by atoms with E-state index in [1.165, 1.54) is 0 Å². The van der Waals surface area contributed by atoms with Crippen LogP contribution in [-0.2, 0) is 4.79 Å². The number of aliphatic carboxylic acids is 1. The Balaban J connectivity index is 2.24. The van der Waals surface area contributed by atoms with Crippen LogP contribution in [0.15, 0.2) is 0 Å². The first kappa shape index (κ1) is 15.3. The van der Waals surface area contributed by atoms with Crippen LogP contribution in [0.25, 0.3) is 0 Å². The van der Waals surface area contributed by atoms with Gasteiger partial charge in [-0.2, -0.15) is 13.2 Å². The number of carbonyl (C=O) groups is 1. The van der Waals surface area contributed by atoms with E-state index in [2.05, 4.69) is 4.90 Å². The number of alkyl halides is 3. The highest BCUT2D eigenvalue weighted by molar-refractivity contribution is 5.70. The SMILES string of the molecule is CC(CCCC(F)(F)F)N1CCC(C(=O)O)CC1. The van der Waals surface area contributed by atoms with Crippen LogP contribution in [0.1, 0.15) is 39.0 Å². The third kappa shape index (κ3) is 5.25. The Morgan fingerprint density at radius 1 is 1.39 bits per heavy atom. The fraction of sp³-hybridized carbons (Fsp3) is 0.917. The average molecular weight is 267 g/mol. The van der Waals surface area contributed by atoms with Crippen LogP contribution in [0.3, 0.4) is 0 Å². The lowest BCUT2D eigenvalue weighted by Gasteiger charge is -2.34. The van der Waals surface area contributed by atoms with Crippen molar-refractivity contribution in [2.75, 3.05) is 13.1 Å². The van der Waals surface area contributed by atoms with E-state index in [1.54, 1.807) is 0 Å². The normalized spacial score (nSPS) is 20.9. The summed E-state index contributed by atoms with van der Waals surface area (Å²) in [5.41, 5.74) is 0. The molecule has 0 aliphatic carbocycles. The lowest BCUT2D eigenvalue weighted by Crippen LogP contribution is -2.41. The van der Waals surface area contributed by atoms with E-state index in [9.17, 15) is 18.0 Å². The molecule has 0 spiro atoms. The first-order valence-corrected chi connectivity index (χ1v) is 6.33. The topological polar surface area (TPSA) is 40.5 Å². The molecule has 1 saturated heterocycles. The fourth-order valence-electron chi connectivity index (χ4n) is 2.37. The maximum atomic E-state index is 12.0. The first-order valence-electron chi connectivity index (χ1n) is 6.33. The molecule has 1 rings (SSSR count). The Morgan fingerprint density at radius 3 is 2.39 bits per heavy atom. The Bertz CT molecular complexity index is 273. The summed E-state index contributed by atoms with van der Waals surface area (Å²) in [6.45, 7) is 3.26. The zero-order valence-corrected chi connectivity index (χ0v) is 10.5. The summed E-state index contributed by atoms with van der Waals surface area (Å²) in [4.78, 5) is 12.9. The zero-order valence-electron chi connectivity index (χ0n) is 10.5. The number of likely N-dealkylation sites (tertiary alicyclic amines) is 1. The molecule has 1 aliphatic heterocycles. The van der Waals surface area contributed by atoms with Gasteiger partial charge in [0.15, 0.2) is 0 Å². The van der Waals surface area contributed by atoms with Gasteiger partial charge in [0.2, 0.25) is 0 Å². The van der Waals surface area contributed by atoms with Crippen molar-refractivity contribution in [1.82, 2.24) is 4.90 Å². The summed E-state index contributed by atoms with van der Waals surface area (Å²) < 4.78 is 36.0. The van der Waals surface area contributed by atoms with E-state index in [-0.39, 0.29) is 18.4 Å². The highest BCUT2D eigenvalue weighted by atomic mass is 19.4. The van der Waals surface area contributed by atoms with Crippen molar-refractivity contribution < 1.29 is 23.1 Å². The highest BCUT2D eigenvalue weighted by Gasteiger charge is 2.29. The predicted molar refractivity (Wildman–Crippen MR) is 61.3 cm³/mol. The van der Waals surface area contributed by atoms with Crippen LogP contribution >= 0.6 is 0 Å². The largest absolute Gasteiger partial charge is 0.481 e. The lowest BCUT2D eigenvalue weighted by atomic mass is 9.95. The summed E-state index contributed by atoms with van der Waals surface area (Å²) in [6, 6.07) is 0.0992. The molecule has 1 aliphatic rings. The van der Waals surface area contributed by atoms with E-state index in [0.29, 0.717) is 32.4 Å². The molecule has 106 valence electrons. The van der Waals surface area contributed by atoms with Gasteiger partial charge < -0.3 is 10.0 Å². The van der Waals surface area contributed by atoms with Crippen molar-refractivity contribution in [1.29, 1.82) is 0 Å². The molecule has 1 atom stereocenters. The molecular formula is C12H20F3NO2. The van der Waals surface area contributed by atoms with Crippen LogP contribution in [0.2, 0.25) is 0 Å². The second-order valence-corrected chi connectivity index (χ2v) is 5.00. The molecule has 0 aromatic rings. The van der Waals surface area contributed by atoms with Crippen molar-refractivity contribution in [3.05, 3.63) is 0 Å². The van der Waals surface area contributed by atoms with Crippen LogP contribution in [0.5, 0.6) is 0 Å². The Kier molecular flexibility index (Phi) is 5.44. The Morgan fingerprint density at radius 2 is 1.94 bits per heavy atom. The Hall–Kier alpha value is -0.780. The predicted octanol–water partition coefficient (Wildman–Crippen LogP) is 2.90. The fourth-order valence-corrected chi connectivity index (χ4v) is 2.37. The van der Waals surface area contributed by atoms with Crippen LogP contribution < -0.4 is 0 Å². The van der Waals surface area contributed by atoms with Gasteiger partial charge in [0.25, 0.3) is 0 Å². The molecule has 0 saturated carbocycles. The molecule has 1 fully saturated rings. The molecular weight excluding hydrogens is 247 g/mol. The number of hydrogen-bond donors (Lipinski definition) is 1. The van der Waals surface area contributed by atoms with Gasteiger partial charge in [-0.25, -0.2) is 0 Å². The number of nitrogens with zero attached hydrogens (tertiary/aromatic N) is 1. The summed E-state index contributed by atoms with van der Waals surface area (Å²) >= 11 is 0. The van der Waals surface area contributed by atoms with Gasteiger partial charge in [-0.1, -0.05) is 0 Å². The van der Waals surface area contributed by atoms with E-state index >= 15 is 0 Å². The van der Waals surface area contributed by atoms with Crippen LogP contribution in [0.4, 0.5) is 13.2 Å². The second kappa shape index (κ2) is 6.41. The van der Waals surface area contributed by atoms with Crippen molar-refractivity contribution in [2.45, 2.75) is 51.2 Å². The van der Waals surface area contributed by atoms with Crippen LogP contribution in [0, 0.1) is 5.92 Å². The average Bonchev–Trinajstić information content (AvgIpc) is 2.27. The molecule has 18 heavy (non-hydrogen) atoms. The standard InChI is InChI=1S/C12H20F3NO2/c1-9(3-2-6-12(13,14)15)16-7-4-10(5-8-16)11(17)18/h9-10H,2-8H2,1H3,(H,17,18). The molecule has 0 aromatic carbocycles. The maximum Gasteiger partial charge on any atom is 0.389 e. The Labute approximate surface area is 105 Å². The molecule has 0 amide bonds. The monoisotopic (exact) mass is 267 g/mol. The minimum Gasteiger partial charge on any atom is -0.481 e. The van der Waals surface area contributed by atoms with Crippen molar-refractivity contribution in [3.8, 4) is 0 Å². The van der Waals surface area contributed by atoms with Gasteiger partial charge in [-0.15, -0.1) is 0 Å². The third-order valence-electron chi connectivity index (χ3n) is 3.58. The first-order chi connectivity index (χ1) is 8.29. The molecule has 0 radical (unpaired) electrons. The molecule has 0 aromatic heterocycles. The van der Waals surface area contributed by atoms with Gasteiger partial charge in [-0.3, -0.25) is 4.79 Å². The lowest BCUT2D eigenvalue weighted by molar-refractivity contribution is -0.144. The maximum absolute atomic E-state index is 12.0. The van der Waals surface area contributed by atoms with Crippen molar-refractivity contribution >= 4 is 5.97 Å². The van der Waals surface area contributed by atoms with E-state index in [4.69, 9.17) is 5.11 Å². The summed E-state index contributed by atoms with van der Waals surface area (Å²) in [7, 11) is 0. The quantitative estimate of drug-likeness (QED) is 0.832. The van der Waals surface area contributed by atoms with Gasteiger partial charge >= 0.3 is 12.1 Å². The highest BCUT2D eigenvalue weighted by Crippen LogP contribution is 2.25. The van der Waals surface area contributed by atoms with Crippen molar-refractivity contribution in [2.24, 2.45) is 5.92 Å². The number of hydrogen-bond acceptors (Lipinski definition) is 2. The smallest absolute Gasteiger partial charge is 0.389 e. The molecule has 1 heterocycles. The molecule has 0 bridgehead atoms.